The van der Waals surface area contributed by atoms with Crippen molar-refractivity contribution in [2.24, 2.45) is 0 Å². The molecule has 0 aliphatic rings. The fourth-order valence-electron chi connectivity index (χ4n) is 7.53. The Morgan fingerprint density at radius 1 is 0.320 bits per heavy atom. The molecule has 0 N–H and O–H groups in total. The first-order chi connectivity index (χ1) is 24.8. The van der Waals surface area contributed by atoms with Gasteiger partial charge in [-0.15, -0.1) is 0 Å². The van der Waals surface area contributed by atoms with Gasteiger partial charge in [0.1, 0.15) is 11.2 Å². The predicted octanol–water partition coefficient (Wildman–Crippen LogP) is 13.8. The Balaban J connectivity index is 1.19. The van der Waals surface area contributed by atoms with Crippen molar-refractivity contribution in [3.05, 3.63) is 188 Å². The van der Waals surface area contributed by atoms with Gasteiger partial charge in [-0.3, -0.25) is 0 Å². The van der Waals surface area contributed by atoms with Crippen LogP contribution in [0.2, 0.25) is 0 Å². The van der Waals surface area contributed by atoms with Crippen LogP contribution >= 0.6 is 0 Å². The molecule has 0 aliphatic heterocycles. The van der Waals surface area contributed by atoms with Crippen LogP contribution in [0.4, 0.5) is 17.1 Å². The zero-order valence-electron chi connectivity index (χ0n) is 27.3. The first-order valence-electron chi connectivity index (χ1n) is 17.1. The van der Waals surface area contributed by atoms with Gasteiger partial charge in [0.2, 0.25) is 0 Å². The lowest BCUT2D eigenvalue weighted by molar-refractivity contribution is 0.670. The number of nitrogens with zero attached hydrogens (tertiary/aromatic N) is 1. The topological polar surface area (TPSA) is 16.4 Å². The highest BCUT2D eigenvalue weighted by atomic mass is 16.3. The third kappa shape index (κ3) is 4.73. The fourth-order valence-corrected chi connectivity index (χ4v) is 7.53. The van der Waals surface area contributed by atoms with Crippen LogP contribution in [0.5, 0.6) is 0 Å². The Morgan fingerprint density at radius 3 is 1.66 bits per heavy atom. The first-order valence-corrected chi connectivity index (χ1v) is 17.1. The average molecular weight is 638 g/mol. The molecule has 0 spiro atoms. The van der Waals surface area contributed by atoms with Crippen LogP contribution in [0.3, 0.4) is 0 Å². The highest BCUT2D eigenvalue weighted by Crippen LogP contribution is 2.44. The third-order valence-electron chi connectivity index (χ3n) is 9.99. The van der Waals surface area contributed by atoms with Gasteiger partial charge in [0.05, 0.1) is 0 Å². The van der Waals surface area contributed by atoms with Gasteiger partial charge >= 0.3 is 0 Å². The van der Waals surface area contributed by atoms with Crippen molar-refractivity contribution in [3.8, 4) is 22.3 Å². The van der Waals surface area contributed by atoms with Gasteiger partial charge in [0, 0.05) is 33.4 Å². The molecule has 1 heterocycles. The molecule has 0 unspecified atom stereocenters. The molecule has 0 fully saturated rings. The molecule has 9 aromatic carbocycles. The minimum absolute atomic E-state index is 0.874. The van der Waals surface area contributed by atoms with E-state index in [0.717, 1.165) is 50.1 Å². The lowest BCUT2D eigenvalue weighted by Crippen LogP contribution is -2.09. The van der Waals surface area contributed by atoms with Crippen molar-refractivity contribution in [1.82, 2.24) is 0 Å². The number of fused-ring (bicyclic) bond motifs is 6. The molecule has 10 aromatic rings. The third-order valence-corrected chi connectivity index (χ3v) is 9.99. The minimum atomic E-state index is 0.874. The van der Waals surface area contributed by atoms with E-state index in [1.54, 1.807) is 0 Å². The van der Waals surface area contributed by atoms with Crippen molar-refractivity contribution in [3.63, 3.8) is 0 Å². The van der Waals surface area contributed by atoms with Crippen molar-refractivity contribution in [2.75, 3.05) is 4.90 Å². The molecule has 0 bridgehead atoms. The summed E-state index contributed by atoms with van der Waals surface area (Å²) < 4.78 is 6.81. The molecule has 0 atom stereocenters. The van der Waals surface area contributed by atoms with E-state index in [1.165, 1.54) is 43.4 Å². The molecular formula is C48H31NO. The van der Waals surface area contributed by atoms with Gasteiger partial charge in [0.15, 0.2) is 0 Å². The summed E-state index contributed by atoms with van der Waals surface area (Å²) in [4.78, 5) is 2.35. The summed E-state index contributed by atoms with van der Waals surface area (Å²) >= 11 is 0. The number of benzene rings is 9. The lowest BCUT2D eigenvalue weighted by Gasteiger charge is -2.26. The van der Waals surface area contributed by atoms with E-state index in [-0.39, 0.29) is 0 Å². The Labute approximate surface area is 290 Å². The number of furan rings is 1. The van der Waals surface area contributed by atoms with E-state index in [9.17, 15) is 0 Å². The predicted molar refractivity (Wildman–Crippen MR) is 212 cm³/mol. The number of hydrogen-bond donors (Lipinski definition) is 0. The maximum atomic E-state index is 6.81. The molecule has 2 heteroatoms. The summed E-state index contributed by atoms with van der Waals surface area (Å²) in [5.74, 6) is 0. The maximum absolute atomic E-state index is 6.81. The Kier molecular flexibility index (Phi) is 6.53. The Hall–Kier alpha value is -6.64. The summed E-state index contributed by atoms with van der Waals surface area (Å²) in [6, 6.07) is 67.5. The molecule has 234 valence electrons. The standard InChI is InChI=1S/C48H31NO/c1-2-10-32(11-3-1)35-20-23-40(24-21-35)49(41-25-22-34-13-5-7-15-37(34)29-41)42-26-27-46-44(31-42)45-30-38-16-8-9-17-43(38)47(48(45)50-46)39-19-18-33-12-4-6-14-36(33)28-39/h1-31H. The summed E-state index contributed by atoms with van der Waals surface area (Å²) in [5, 5.41) is 9.46. The molecule has 10 rings (SSSR count). The fraction of sp³-hybridized carbons (Fsp3) is 0. The van der Waals surface area contributed by atoms with Crippen LogP contribution in [0.15, 0.2) is 192 Å². The SMILES string of the molecule is c1ccc(-c2ccc(N(c3ccc4ccccc4c3)c3ccc4oc5c(-c6ccc7ccccc7c6)c6ccccc6cc5c4c3)cc2)cc1. The molecule has 1 aromatic heterocycles. The van der Waals surface area contributed by atoms with Crippen LogP contribution in [0.25, 0.3) is 76.5 Å². The van der Waals surface area contributed by atoms with E-state index in [2.05, 4.69) is 193 Å². The second kappa shape index (κ2) is 11.5. The molecule has 50 heavy (non-hydrogen) atoms. The molecular weight excluding hydrogens is 607 g/mol. The molecule has 0 radical (unpaired) electrons. The Morgan fingerprint density at radius 2 is 0.880 bits per heavy atom. The molecule has 2 nitrogen and oxygen atoms in total. The maximum Gasteiger partial charge on any atom is 0.143 e. The highest BCUT2D eigenvalue weighted by Gasteiger charge is 2.20. The van der Waals surface area contributed by atoms with Gasteiger partial charge in [-0.25, -0.2) is 0 Å². The van der Waals surface area contributed by atoms with Crippen molar-refractivity contribution in [2.45, 2.75) is 0 Å². The van der Waals surface area contributed by atoms with Crippen molar-refractivity contribution < 1.29 is 4.42 Å². The van der Waals surface area contributed by atoms with Gasteiger partial charge in [0.25, 0.3) is 0 Å². The monoisotopic (exact) mass is 637 g/mol. The van der Waals surface area contributed by atoms with Crippen LogP contribution in [-0.2, 0) is 0 Å². The zero-order chi connectivity index (χ0) is 33.0. The normalized spacial score (nSPS) is 11.6. The van der Waals surface area contributed by atoms with Crippen LogP contribution in [0, 0.1) is 0 Å². The van der Waals surface area contributed by atoms with E-state index in [4.69, 9.17) is 4.42 Å². The minimum Gasteiger partial charge on any atom is -0.455 e. The summed E-state index contributed by atoms with van der Waals surface area (Å²) in [7, 11) is 0. The Bertz CT molecular complexity index is 2870. The second-order valence-electron chi connectivity index (χ2n) is 13.0. The van der Waals surface area contributed by atoms with E-state index in [0.29, 0.717) is 0 Å². The van der Waals surface area contributed by atoms with Crippen molar-refractivity contribution >= 4 is 71.3 Å². The summed E-state index contributed by atoms with van der Waals surface area (Å²) in [6.45, 7) is 0. The van der Waals surface area contributed by atoms with E-state index in [1.807, 2.05) is 0 Å². The van der Waals surface area contributed by atoms with Crippen molar-refractivity contribution in [1.29, 1.82) is 0 Å². The smallest absolute Gasteiger partial charge is 0.143 e. The molecule has 0 saturated carbocycles. The van der Waals surface area contributed by atoms with E-state index < -0.39 is 0 Å². The van der Waals surface area contributed by atoms with Gasteiger partial charge < -0.3 is 9.32 Å². The van der Waals surface area contributed by atoms with E-state index >= 15 is 0 Å². The molecule has 0 amide bonds. The number of hydrogen-bond acceptors (Lipinski definition) is 2. The zero-order valence-corrected chi connectivity index (χ0v) is 27.3. The van der Waals surface area contributed by atoms with Gasteiger partial charge in [-0.2, -0.15) is 0 Å². The average Bonchev–Trinajstić information content (AvgIpc) is 3.54. The number of rotatable bonds is 5. The van der Waals surface area contributed by atoms with Crippen LogP contribution < -0.4 is 4.90 Å². The van der Waals surface area contributed by atoms with Crippen LogP contribution in [-0.4, -0.2) is 0 Å². The van der Waals surface area contributed by atoms with Gasteiger partial charge in [-0.1, -0.05) is 133 Å². The first kappa shape index (κ1) is 28.4. The molecule has 0 aliphatic carbocycles. The lowest BCUT2D eigenvalue weighted by atomic mass is 9.93. The molecule has 0 saturated heterocycles. The van der Waals surface area contributed by atoms with Gasteiger partial charge in [-0.05, 0) is 104 Å². The summed E-state index contributed by atoms with van der Waals surface area (Å²) in [5.41, 5.74) is 9.73. The van der Waals surface area contributed by atoms with Crippen LogP contribution in [0.1, 0.15) is 0 Å². The quantitative estimate of drug-likeness (QED) is 0.187. The highest BCUT2D eigenvalue weighted by molar-refractivity contribution is 6.19. The largest absolute Gasteiger partial charge is 0.455 e. The summed E-state index contributed by atoms with van der Waals surface area (Å²) in [6.07, 6.45) is 0. The second-order valence-corrected chi connectivity index (χ2v) is 13.0. The number of anilines is 3.